The fraction of sp³-hybridized carbons (Fsp3) is 0.625. The molecule has 0 spiro atoms. The Morgan fingerprint density at radius 1 is 1.32 bits per heavy atom. The lowest BCUT2D eigenvalue weighted by Crippen LogP contribution is -2.28. The summed E-state index contributed by atoms with van der Waals surface area (Å²) in [5, 5.41) is 3.45. The lowest BCUT2D eigenvalue weighted by molar-refractivity contribution is 0.284. The van der Waals surface area contributed by atoms with E-state index in [9.17, 15) is 0 Å². The molecule has 0 aromatic heterocycles. The van der Waals surface area contributed by atoms with Crippen molar-refractivity contribution in [3.8, 4) is 5.75 Å². The number of rotatable bonds is 7. The van der Waals surface area contributed by atoms with Crippen molar-refractivity contribution in [2.45, 2.75) is 32.7 Å². The Labute approximate surface area is 116 Å². The number of nitrogens with one attached hydrogen (secondary N) is 1. The van der Waals surface area contributed by atoms with Gasteiger partial charge in [0.05, 0.1) is 6.61 Å². The zero-order chi connectivity index (χ0) is 13.7. The third kappa shape index (κ3) is 3.48. The second-order valence-electron chi connectivity index (χ2n) is 5.12. The standard InChI is InChI=1S/C16H26N2O/c1-4-18(5-2)10-8-15(17-3)13-6-7-16-14(12-13)9-11-19-16/h6-7,12,15,17H,4-5,8-11H2,1-3H3. The van der Waals surface area contributed by atoms with Crippen LogP contribution in [0.3, 0.4) is 0 Å². The maximum absolute atomic E-state index is 5.57. The molecule has 0 fully saturated rings. The molecular weight excluding hydrogens is 236 g/mol. The number of nitrogens with zero attached hydrogens (tertiary/aromatic N) is 1. The van der Waals surface area contributed by atoms with Gasteiger partial charge in [-0.2, -0.15) is 0 Å². The molecule has 0 aliphatic carbocycles. The molecular formula is C16H26N2O. The average molecular weight is 262 g/mol. The van der Waals surface area contributed by atoms with Gasteiger partial charge in [-0.15, -0.1) is 0 Å². The second kappa shape index (κ2) is 6.92. The van der Waals surface area contributed by atoms with Crippen LogP contribution in [-0.2, 0) is 6.42 Å². The minimum Gasteiger partial charge on any atom is -0.493 e. The summed E-state index contributed by atoms with van der Waals surface area (Å²) in [6.45, 7) is 8.69. The van der Waals surface area contributed by atoms with E-state index in [1.807, 2.05) is 0 Å². The molecule has 1 N–H and O–H groups in total. The van der Waals surface area contributed by atoms with Gasteiger partial charge in [0.2, 0.25) is 0 Å². The van der Waals surface area contributed by atoms with Gasteiger partial charge in [0.25, 0.3) is 0 Å². The van der Waals surface area contributed by atoms with Crippen LogP contribution in [0.25, 0.3) is 0 Å². The number of benzene rings is 1. The molecule has 19 heavy (non-hydrogen) atoms. The molecule has 1 aromatic carbocycles. The van der Waals surface area contributed by atoms with Gasteiger partial charge in [-0.05, 0) is 50.3 Å². The van der Waals surface area contributed by atoms with E-state index in [4.69, 9.17) is 4.74 Å². The largest absolute Gasteiger partial charge is 0.493 e. The van der Waals surface area contributed by atoms with Crippen molar-refractivity contribution < 1.29 is 4.74 Å². The molecule has 106 valence electrons. The summed E-state index contributed by atoms with van der Waals surface area (Å²) < 4.78 is 5.57. The Morgan fingerprint density at radius 2 is 2.11 bits per heavy atom. The first-order valence-corrected chi connectivity index (χ1v) is 7.43. The molecule has 0 saturated heterocycles. The first-order valence-electron chi connectivity index (χ1n) is 7.43. The zero-order valence-electron chi connectivity index (χ0n) is 12.4. The van der Waals surface area contributed by atoms with Crippen molar-refractivity contribution >= 4 is 0 Å². The van der Waals surface area contributed by atoms with Crippen molar-refractivity contribution in [2.75, 3.05) is 33.3 Å². The quantitative estimate of drug-likeness (QED) is 0.817. The Kier molecular flexibility index (Phi) is 5.23. The van der Waals surface area contributed by atoms with Crippen molar-refractivity contribution in [1.29, 1.82) is 0 Å². The summed E-state index contributed by atoms with van der Waals surface area (Å²) in [5.74, 6) is 1.07. The summed E-state index contributed by atoms with van der Waals surface area (Å²) in [5.41, 5.74) is 2.75. The molecule has 2 rings (SSSR count). The molecule has 3 heteroatoms. The summed E-state index contributed by atoms with van der Waals surface area (Å²) in [6, 6.07) is 7.07. The Hall–Kier alpha value is -1.06. The highest BCUT2D eigenvalue weighted by Crippen LogP contribution is 2.29. The van der Waals surface area contributed by atoms with Crippen LogP contribution in [0.4, 0.5) is 0 Å². The average Bonchev–Trinajstić information content (AvgIpc) is 2.91. The second-order valence-corrected chi connectivity index (χ2v) is 5.12. The third-order valence-electron chi connectivity index (χ3n) is 4.09. The predicted octanol–water partition coefficient (Wildman–Crippen LogP) is 2.61. The fourth-order valence-electron chi connectivity index (χ4n) is 2.75. The van der Waals surface area contributed by atoms with Gasteiger partial charge in [-0.1, -0.05) is 26.0 Å². The van der Waals surface area contributed by atoms with Crippen molar-refractivity contribution in [3.05, 3.63) is 29.3 Å². The molecule has 1 aromatic rings. The zero-order valence-corrected chi connectivity index (χ0v) is 12.4. The highest BCUT2D eigenvalue weighted by molar-refractivity contribution is 5.40. The first-order chi connectivity index (χ1) is 9.28. The number of hydrogen-bond acceptors (Lipinski definition) is 3. The summed E-state index contributed by atoms with van der Waals surface area (Å²) in [6.07, 6.45) is 2.20. The number of hydrogen-bond donors (Lipinski definition) is 1. The molecule has 0 saturated carbocycles. The van der Waals surface area contributed by atoms with E-state index in [1.54, 1.807) is 0 Å². The molecule has 1 aliphatic rings. The SMILES string of the molecule is CCN(CC)CCC(NC)c1ccc2c(c1)CCO2. The van der Waals surface area contributed by atoms with Gasteiger partial charge in [0.1, 0.15) is 5.75 Å². The van der Waals surface area contributed by atoms with Crippen LogP contribution in [0.5, 0.6) is 5.75 Å². The molecule has 1 aliphatic heterocycles. The minimum absolute atomic E-state index is 0.437. The van der Waals surface area contributed by atoms with E-state index in [1.165, 1.54) is 11.1 Å². The maximum atomic E-state index is 5.57. The van der Waals surface area contributed by atoms with Crippen LogP contribution in [0, 0.1) is 0 Å². The Balaban J connectivity index is 2.01. The summed E-state index contributed by atoms with van der Waals surface area (Å²) in [7, 11) is 2.05. The Bertz CT molecular complexity index is 402. The van der Waals surface area contributed by atoms with Crippen LogP contribution < -0.4 is 10.1 Å². The van der Waals surface area contributed by atoms with Gasteiger partial charge in [-0.3, -0.25) is 0 Å². The highest BCUT2D eigenvalue weighted by Gasteiger charge is 2.16. The van der Waals surface area contributed by atoms with Gasteiger partial charge < -0.3 is 15.0 Å². The van der Waals surface area contributed by atoms with E-state index < -0.39 is 0 Å². The Morgan fingerprint density at radius 3 is 2.79 bits per heavy atom. The van der Waals surface area contributed by atoms with E-state index in [-0.39, 0.29) is 0 Å². The first kappa shape index (κ1) is 14.4. The van der Waals surface area contributed by atoms with Crippen molar-refractivity contribution in [3.63, 3.8) is 0 Å². The summed E-state index contributed by atoms with van der Waals surface area (Å²) in [4.78, 5) is 2.47. The third-order valence-corrected chi connectivity index (χ3v) is 4.09. The monoisotopic (exact) mass is 262 g/mol. The lowest BCUT2D eigenvalue weighted by Gasteiger charge is -2.23. The minimum atomic E-state index is 0.437. The van der Waals surface area contributed by atoms with E-state index >= 15 is 0 Å². The molecule has 1 heterocycles. The molecule has 1 atom stereocenters. The topological polar surface area (TPSA) is 24.5 Å². The van der Waals surface area contributed by atoms with Crippen LogP contribution in [0.2, 0.25) is 0 Å². The van der Waals surface area contributed by atoms with Gasteiger partial charge in [-0.25, -0.2) is 0 Å². The number of ether oxygens (including phenoxy) is 1. The predicted molar refractivity (Wildman–Crippen MR) is 79.8 cm³/mol. The fourth-order valence-corrected chi connectivity index (χ4v) is 2.75. The summed E-state index contributed by atoms with van der Waals surface area (Å²) >= 11 is 0. The normalized spacial score (nSPS) is 15.4. The van der Waals surface area contributed by atoms with Gasteiger partial charge >= 0.3 is 0 Å². The van der Waals surface area contributed by atoms with Crippen LogP contribution >= 0.6 is 0 Å². The smallest absolute Gasteiger partial charge is 0.122 e. The highest BCUT2D eigenvalue weighted by atomic mass is 16.5. The molecule has 0 radical (unpaired) electrons. The van der Waals surface area contributed by atoms with E-state index in [2.05, 4.69) is 49.3 Å². The van der Waals surface area contributed by atoms with E-state index in [0.717, 1.165) is 44.8 Å². The van der Waals surface area contributed by atoms with Crippen LogP contribution in [0.1, 0.15) is 37.4 Å². The van der Waals surface area contributed by atoms with Crippen molar-refractivity contribution in [2.24, 2.45) is 0 Å². The van der Waals surface area contributed by atoms with Crippen LogP contribution in [-0.4, -0.2) is 38.2 Å². The van der Waals surface area contributed by atoms with Gasteiger partial charge in [0.15, 0.2) is 0 Å². The lowest BCUT2D eigenvalue weighted by atomic mass is 10.00. The number of fused-ring (bicyclic) bond motifs is 1. The maximum Gasteiger partial charge on any atom is 0.122 e. The molecule has 3 nitrogen and oxygen atoms in total. The van der Waals surface area contributed by atoms with Crippen molar-refractivity contribution in [1.82, 2.24) is 10.2 Å². The molecule has 0 amide bonds. The van der Waals surface area contributed by atoms with E-state index in [0.29, 0.717) is 6.04 Å². The molecule has 0 bridgehead atoms. The molecule has 1 unspecified atom stereocenters. The van der Waals surface area contributed by atoms with Gasteiger partial charge in [0, 0.05) is 12.5 Å². The van der Waals surface area contributed by atoms with Crippen LogP contribution in [0.15, 0.2) is 18.2 Å².